The van der Waals surface area contributed by atoms with Gasteiger partial charge in [-0.25, -0.2) is 0 Å². The predicted molar refractivity (Wildman–Crippen MR) is 80.8 cm³/mol. The number of allylic oxidation sites excluding steroid dienone is 1. The fourth-order valence-electron chi connectivity index (χ4n) is 1.86. The van der Waals surface area contributed by atoms with Gasteiger partial charge in [-0.3, -0.25) is 9.48 Å². The van der Waals surface area contributed by atoms with Crippen LogP contribution in [0.4, 0.5) is 0 Å². The van der Waals surface area contributed by atoms with Crippen molar-refractivity contribution in [2.24, 2.45) is 0 Å². The van der Waals surface area contributed by atoms with Crippen molar-refractivity contribution in [1.29, 1.82) is 0 Å². The van der Waals surface area contributed by atoms with E-state index in [1.165, 1.54) is 6.08 Å². The molecule has 0 fully saturated rings. The van der Waals surface area contributed by atoms with E-state index in [0.29, 0.717) is 17.1 Å². The van der Waals surface area contributed by atoms with E-state index in [1.54, 1.807) is 43.4 Å². The summed E-state index contributed by atoms with van der Waals surface area (Å²) in [7, 11) is 3.18. The standard InChI is InChI=1S/C16H18N2O3/c1-4-18-11-13(10-17-18)16(19)6-5-12-7-14(20-2)9-15(8-12)21-3/h5-11H,4H2,1-3H3/b6-5+. The van der Waals surface area contributed by atoms with E-state index in [9.17, 15) is 4.79 Å². The summed E-state index contributed by atoms with van der Waals surface area (Å²) in [6, 6.07) is 5.45. The predicted octanol–water partition coefficient (Wildman–Crippen LogP) is 2.82. The summed E-state index contributed by atoms with van der Waals surface area (Å²) >= 11 is 0. The molecule has 21 heavy (non-hydrogen) atoms. The van der Waals surface area contributed by atoms with Crippen LogP contribution in [-0.2, 0) is 6.54 Å². The first kappa shape index (κ1) is 14.8. The van der Waals surface area contributed by atoms with Crippen molar-refractivity contribution in [3.63, 3.8) is 0 Å². The molecule has 0 unspecified atom stereocenters. The molecule has 2 aromatic rings. The minimum Gasteiger partial charge on any atom is -0.497 e. The van der Waals surface area contributed by atoms with Crippen LogP contribution in [0.5, 0.6) is 11.5 Å². The molecule has 5 nitrogen and oxygen atoms in total. The molecule has 0 amide bonds. The number of hydrogen-bond donors (Lipinski definition) is 0. The summed E-state index contributed by atoms with van der Waals surface area (Å²) in [4.78, 5) is 12.1. The molecule has 0 aliphatic rings. The fourth-order valence-corrected chi connectivity index (χ4v) is 1.86. The Balaban J connectivity index is 2.18. The number of carbonyl (C=O) groups is 1. The van der Waals surface area contributed by atoms with Crippen LogP contribution < -0.4 is 9.47 Å². The topological polar surface area (TPSA) is 53.4 Å². The lowest BCUT2D eigenvalue weighted by Gasteiger charge is -2.05. The highest BCUT2D eigenvalue weighted by atomic mass is 16.5. The molecular weight excluding hydrogens is 268 g/mol. The van der Waals surface area contributed by atoms with Crippen molar-refractivity contribution in [2.45, 2.75) is 13.5 Å². The van der Waals surface area contributed by atoms with Crippen molar-refractivity contribution in [1.82, 2.24) is 9.78 Å². The van der Waals surface area contributed by atoms with Crippen molar-refractivity contribution in [2.75, 3.05) is 14.2 Å². The number of ether oxygens (including phenoxy) is 2. The van der Waals surface area contributed by atoms with Crippen LogP contribution in [0, 0.1) is 0 Å². The second-order valence-electron chi connectivity index (χ2n) is 4.43. The zero-order valence-electron chi connectivity index (χ0n) is 12.4. The van der Waals surface area contributed by atoms with Gasteiger partial charge in [0, 0.05) is 18.8 Å². The molecule has 0 saturated heterocycles. The molecule has 0 aliphatic heterocycles. The molecule has 1 heterocycles. The number of aromatic nitrogens is 2. The summed E-state index contributed by atoms with van der Waals surface area (Å²) in [6.45, 7) is 2.71. The summed E-state index contributed by atoms with van der Waals surface area (Å²) in [5, 5.41) is 4.09. The molecule has 110 valence electrons. The third kappa shape index (κ3) is 3.72. The summed E-state index contributed by atoms with van der Waals surface area (Å²) < 4.78 is 12.1. The van der Waals surface area contributed by atoms with Gasteiger partial charge in [-0.05, 0) is 30.7 Å². The average molecular weight is 286 g/mol. The Kier molecular flexibility index (Phi) is 4.77. The third-order valence-electron chi connectivity index (χ3n) is 3.04. The maximum absolute atomic E-state index is 12.1. The van der Waals surface area contributed by atoms with Crippen molar-refractivity contribution in [3.8, 4) is 11.5 Å². The van der Waals surface area contributed by atoms with Gasteiger partial charge in [0.15, 0.2) is 5.78 Å². The lowest BCUT2D eigenvalue weighted by atomic mass is 10.1. The zero-order chi connectivity index (χ0) is 15.2. The maximum Gasteiger partial charge on any atom is 0.189 e. The Bertz CT molecular complexity index is 637. The Morgan fingerprint density at radius 2 is 1.90 bits per heavy atom. The van der Waals surface area contributed by atoms with Gasteiger partial charge in [0.2, 0.25) is 0 Å². The van der Waals surface area contributed by atoms with Crippen molar-refractivity contribution in [3.05, 3.63) is 47.8 Å². The van der Waals surface area contributed by atoms with Gasteiger partial charge >= 0.3 is 0 Å². The molecule has 0 spiro atoms. The molecule has 0 bridgehead atoms. The number of hydrogen-bond acceptors (Lipinski definition) is 4. The van der Waals surface area contributed by atoms with Crippen molar-refractivity contribution < 1.29 is 14.3 Å². The van der Waals surface area contributed by atoms with Gasteiger partial charge < -0.3 is 9.47 Å². The van der Waals surface area contributed by atoms with E-state index in [1.807, 2.05) is 19.1 Å². The van der Waals surface area contributed by atoms with E-state index in [4.69, 9.17) is 9.47 Å². The van der Waals surface area contributed by atoms with Gasteiger partial charge in [-0.2, -0.15) is 5.10 Å². The lowest BCUT2D eigenvalue weighted by molar-refractivity contribution is 0.104. The average Bonchev–Trinajstić information content (AvgIpc) is 3.01. The largest absolute Gasteiger partial charge is 0.497 e. The Morgan fingerprint density at radius 1 is 1.24 bits per heavy atom. The van der Waals surface area contributed by atoms with Gasteiger partial charge in [-0.15, -0.1) is 0 Å². The number of aryl methyl sites for hydroxylation is 1. The van der Waals surface area contributed by atoms with Gasteiger partial charge in [0.1, 0.15) is 11.5 Å². The van der Waals surface area contributed by atoms with E-state index < -0.39 is 0 Å². The fraction of sp³-hybridized carbons (Fsp3) is 0.250. The zero-order valence-corrected chi connectivity index (χ0v) is 12.4. The van der Waals surface area contributed by atoms with Crippen LogP contribution in [0.15, 0.2) is 36.7 Å². The molecule has 0 atom stereocenters. The first-order chi connectivity index (χ1) is 10.2. The van der Waals surface area contributed by atoms with Gasteiger partial charge in [0.25, 0.3) is 0 Å². The van der Waals surface area contributed by atoms with Crippen LogP contribution in [0.3, 0.4) is 0 Å². The molecule has 5 heteroatoms. The normalized spacial score (nSPS) is 10.8. The van der Waals surface area contributed by atoms with Gasteiger partial charge in [0.05, 0.1) is 26.0 Å². The van der Waals surface area contributed by atoms with Crippen LogP contribution in [0.1, 0.15) is 22.8 Å². The monoisotopic (exact) mass is 286 g/mol. The van der Waals surface area contributed by atoms with Crippen LogP contribution in [0.2, 0.25) is 0 Å². The van der Waals surface area contributed by atoms with Crippen LogP contribution in [0.25, 0.3) is 6.08 Å². The molecule has 2 rings (SSSR count). The van der Waals surface area contributed by atoms with E-state index in [0.717, 1.165) is 12.1 Å². The molecule has 0 saturated carbocycles. The van der Waals surface area contributed by atoms with E-state index in [2.05, 4.69) is 5.10 Å². The molecule has 0 aliphatic carbocycles. The summed E-state index contributed by atoms with van der Waals surface area (Å²) in [5.41, 5.74) is 1.41. The molecular formula is C16H18N2O3. The second-order valence-corrected chi connectivity index (χ2v) is 4.43. The van der Waals surface area contributed by atoms with E-state index >= 15 is 0 Å². The highest BCUT2D eigenvalue weighted by Gasteiger charge is 2.05. The SMILES string of the molecule is CCn1cc(C(=O)/C=C/c2cc(OC)cc(OC)c2)cn1. The number of rotatable bonds is 6. The smallest absolute Gasteiger partial charge is 0.189 e. The number of ketones is 1. The quantitative estimate of drug-likeness (QED) is 0.605. The highest BCUT2D eigenvalue weighted by Crippen LogP contribution is 2.23. The highest BCUT2D eigenvalue weighted by molar-refractivity contribution is 6.06. The minimum absolute atomic E-state index is 0.0866. The first-order valence-corrected chi connectivity index (χ1v) is 6.64. The first-order valence-electron chi connectivity index (χ1n) is 6.64. The van der Waals surface area contributed by atoms with Crippen LogP contribution in [-0.4, -0.2) is 29.8 Å². The number of nitrogens with zero attached hydrogens (tertiary/aromatic N) is 2. The lowest BCUT2D eigenvalue weighted by Crippen LogP contribution is -1.94. The molecule has 1 aromatic heterocycles. The minimum atomic E-state index is -0.0866. The summed E-state index contributed by atoms with van der Waals surface area (Å²) in [6.07, 6.45) is 6.56. The number of benzene rings is 1. The van der Waals surface area contributed by atoms with Crippen molar-refractivity contribution >= 4 is 11.9 Å². The number of methoxy groups -OCH3 is 2. The number of carbonyl (C=O) groups excluding carboxylic acids is 1. The molecule has 0 N–H and O–H groups in total. The third-order valence-corrected chi connectivity index (χ3v) is 3.04. The molecule has 0 radical (unpaired) electrons. The van der Waals surface area contributed by atoms with E-state index in [-0.39, 0.29) is 5.78 Å². The van der Waals surface area contributed by atoms with Gasteiger partial charge in [-0.1, -0.05) is 6.08 Å². The van der Waals surface area contributed by atoms with Crippen LogP contribution >= 0.6 is 0 Å². The maximum atomic E-state index is 12.1. The Hall–Kier alpha value is -2.56. The second kappa shape index (κ2) is 6.74. The summed E-state index contributed by atoms with van der Waals surface area (Å²) in [5.74, 6) is 1.27. The Morgan fingerprint density at radius 3 is 2.43 bits per heavy atom. The molecule has 1 aromatic carbocycles. The Labute approximate surface area is 123 Å².